The molecule has 0 saturated carbocycles. The van der Waals surface area contributed by atoms with Crippen molar-refractivity contribution < 1.29 is 4.79 Å². The summed E-state index contributed by atoms with van der Waals surface area (Å²) < 4.78 is 1.85. The Hall–Kier alpha value is -2.14. The second kappa shape index (κ2) is 5.74. The van der Waals surface area contributed by atoms with E-state index in [1.54, 1.807) is 0 Å². The van der Waals surface area contributed by atoms with Crippen molar-refractivity contribution >= 4 is 5.91 Å². The first-order valence-electron chi connectivity index (χ1n) is 8.64. The Labute approximate surface area is 142 Å². The molecule has 1 atom stereocenters. The molecule has 24 heavy (non-hydrogen) atoms. The zero-order valence-electron chi connectivity index (χ0n) is 14.4. The Morgan fingerprint density at radius 3 is 2.79 bits per heavy atom. The van der Waals surface area contributed by atoms with Gasteiger partial charge in [0.25, 0.3) is 5.91 Å². The minimum atomic E-state index is 0.170. The van der Waals surface area contributed by atoms with E-state index in [2.05, 4.69) is 16.2 Å². The van der Waals surface area contributed by atoms with Gasteiger partial charge in [0.2, 0.25) is 0 Å². The molecule has 0 N–H and O–H groups in total. The van der Waals surface area contributed by atoms with E-state index in [0.717, 1.165) is 43.7 Å². The lowest BCUT2D eigenvalue weighted by molar-refractivity contribution is -0.0131. The lowest BCUT2D eigenvalue weighted by Gasteiger charge is -2.50. The fourth-order valence-corrected chi connectivity index (χ4v) is 4.06. The summed E-state index contributed by atoms with van der Waals surface area (Å²) in [7, 11) is 1.95. The largest absolute Gasteiger partial charge is 0.337 e. The summed E-state index contributed by atoms with van der Waals surface area (Å²) in [5.41, 5.74) is 3.37. The second-order valence-corrected chi connectivity index (χ2v) is 7.26. The Morgan fingerprint density at radius 1 is 1.29 bits per heavy atom. The average Bonchev–Trinajstić information content (AvgIpc) is 3.19. The highest BCUT2D eigenvalue weighted by atomic mass is 16.2. The summed E-state index contributed by atoms with van der Waals surface area (Å²) in [5, 5.41) is 4.26. The van der Waals surface area contributed by atoms with Gasteiger partial charge in [-0.1, -0.05) is 17.7 Å². The lowest BCUT2D eigenvalue weighted by atomic mass is 9.83. The van der Waals surface area contributed by atoms with Crippen molar-refractivity contribution in [3.8, 4) is 0 Å². The van der Waals surface area contributed by atoms with Crippen LogP contribution in [-0.2, 0) is 13.6 Å². The third-order valence-corrected chi connectivity index (χ3v) is 5.53. The van der Waals surface area contributed by atoms with E-state index >= 15 is 0 Å². The molecule has 2 aliphatic rings. The van der Waals surface area contributed by atoms with Crippen molar-refractivity contribution in [3.63, 3.8) is 0 Å². The maximum absolute atomic E-state index is 12.8. The van der Waals surface area contributed by atoms with Gasteiger partial charge in [-0.25, -0.2) is 0 Å². The summed E-state index contributed by atoms with van der Waals surface area (Å²) in [4.78, 5) is 17.3. The van der Waals surface area contributed by atoms with Gasteiger partial charge in [-0.05, 0) is 31.9 Å². The third-order valence-electron chi connectivity index (χ3n) is 5.53. The molecule has 126 valence electrons. The Balaban J connectivity index is 1.44. The zero-order valence-corrected chi connectivity index (χ0v) is 14.4. The van der Waals surface area contributed by atoms with Crippen LogP contribution in [-0.4, -0.2) is 50.7 Å². The van der Waals surface area contributed by atoms with Gasteiger partial charge < -0.3 is 4.90 Å². The maximum atomic E-state index is 12.8. The minimum Gasteiger partial charge on any atom is -0.337 e. The van der Waals surface area contributed by atoms with Crippen LogP contribution in [0.25, 0.3) is 0 Å². The van der Waals surface area contributed by atoms with E-state index in [1.807, 2.05) is 54.0 Å². The van der Waals surface area contributed by atoms with E-state index in [9.17, 15) is 4.79 Å². The number of hydrogen-bond donors (Lipinski definition) is 0. The summed E-state index contributed by atoms with van der Waals surface area (Å²) in [6.07, 6.45) is 6.28. The minimum absolute atomic E-state index is 0.170. The van der Waals surface area contributed by atoms with Crippen molar-refractivity contribution in [3.05, 3.63) is 53.3 Å². The van der Waals surface area contributed by atoms with E-state index in [0.29, 0.717) is 0 Å². The van der Waals surface area contributed by atoms with Gasteiger partial charge in [-0.2, -0.15) is 5.10 Å². The number of benzene rings is 1. The molecule has 2 fully saturated rings. The molecule has 0 aliphatic carbocycles. The standard InChI is InChI=1S/C19H24N4O/c1-15-4-3-5-17(10-15)18(24)22-8-6-19(14-22)7-9-23(19)13-16-11-20-21(2)12-16/h3-5,10-12H,6-9,13-14H2,1-2H3. The van der Waals surface area contributed by atoms with Crippen LogP contribution in [0.2, 0.25) is 0 Å². The van der Waals surface area contributed by atoms with E-state index in [4.69, 9.17) is 0 Å². The van der Waals surface area contributed by atoms with Gasteiger partial charge in [0.05, 0.1) is 6.20 Å². The van der Waals surface area contributed by atoms with E-state index < -0.39 is 0 Å². The van der Waals surface area contributed by atoms with Crippen LogP contribution in [0.4, 0.5) is 0 Å². The van der Waals surface area contributed by atoms with Crippen molar-refractivity contribution in [1.82, 2.24) is 19.6 Å². The number of likely N-dealkylation sites (tertiary alicyclic amines) is 2. The summed E-state index contributed by atoms with van der Waals surface area (Å²) in [5.74, 6) is 0.170. The number of hydrogen-bond acceptors (Lipinski definition) is 3. The second-order valence-electron chi connectivity index (χ2n) is 7.26. The average molecular weight is 324 g/mol. The quantitative estimate of drug-likeness (QED) is 0.869. The molecular weight excluding hydrogens is 300 g/mol. The molecule has 3 heterocycles. The van der Waals surface area contributed by atoms with Gasteiger partial charge >= 0.3 is 0 Å². The smallest absolute Gasteiger partial charge is 0.253 e. The van der Waals surface area contributed by atoms with Gasteiger partial charge in [-0.3, -0.25) is 14.4 Å². The van der Waals surface area contributed by atoms with Crippen molar-refractivity contribution in [1.29, 1.82) is 0 Å². The molecule has 2 aromatic rings. The van der Waals surface area contributed by atoms with Crippen LogP contribution in [0.5, 0.6) is 0 Å². The van der Waals surface area contributed by atoms with E-state index in [1.165, 1.54) is 12.0 Å². The molecule has 2 aliphatic heterocycles. The van der Waals surface area contributed by atoms with Crippen LogP contribution in [0.15, 0.2) is 36.7 Å². The summed E-state index contributed by atoms with van der Waals surface area (Å²) >= 11 is 0. The number of amides is 1. The van der Waals surface area contributed by atoms with Crippen molar-refractivity contribution in [2.24, 2.45) is 7.05 Å². The molecule has 1 aromatic heterocycles. The Kier molecular flexibility index (Phi) is 3.68. The predicted molar refractivity (Wildman–Crippen MR) is 92.7 cm³/mol. The van der Waals surface area contributed by atoms with Crippen molar-refractivity contribution in [2.45, 2.75) is 31.8 Å². The first-order chi connectivity index (χ1) is 11.6. The fourth-order valence-electron chi connectivity index (χ4n) is 4.06. The first kappa shape index (κ1) is 15.4. The highest BCUT2D eigenvalue weighted by Gasteiger charge is 2.50. The fraction of sp³-hybridized carbons (Fsp3) is 0.474. The Morgan fingerprint density at radius 2 is 2.12 bits per heavy atom. The van der Waals surface area contributed by atoms with Crippen LogP contribution >= 0.6 is 0 Å². The zero-order chi connectivity index (χ0) is 16.7. The van der Waals surface area contributed by atoms with Crippen LogP contribution < -0.4 is 0 Å². The third kappa shape index (κ3) is 2.63. The number of aryl methyl sites for hydroxylation is 2. The van der Waals surface area contributed by atoms with Crippen LogP contribution in [0, 0.1) is 6.92 Å². The van der Waals surface area contributed by atoms with Gasteiger partial charge in [0, 0.05) is 56.1 Å². The predicted octanol–water partition coefficient (Wildman–Crippen LogP) is 2.22. The Bertz CT molecular complexity index is 768. The van der Waals surface area contributed by atoms with Gasteiger partial charge in [-0.15, -0.1) is 0 Å². The van der Waals surface area contributed by atoms with Gasteiger partial charge in [0.15, 0.2) is 0 Å². The highest BCUT2D eigenvalue weighted by Crippen LogP contribution is 2.40. The number of carbonyl (C=O) groups excluding carboxylic acids is 1. The maximum Gasteiger partial charge on any atom is 0.253 e. The molecule has 1 aromatic carbocycles. The molecule has 0 bridgehead atoms. The highest BCUT2D eigenvalue weighted by molar-refractivity contribution is 5.94. The number of aromatic nitrogens is 2. The van der Waals surface area contributed by atoms with Crippen LogP contribution in [0.3, 0.4) is 0 Å². The lowest BCUT2D eigenvalue weighted by Crippen LogP contribution is -2.60. The summed E-state index contributed by atoms with van der Waals surface area (Å²) in [6.45, 7) is 5.78. The molecule has 5 nitrogen and oxygen atoms in total. The molecular formula is C19H24N4O. The molecule has 1 amide bonds. The SMILES string of the molecule is Cc1cccc(C(=O)N2CCC3(CCN3Cc3cnn(C)c3)C2)c1. The van der Waals surface area contributed by atoms with Gasteiger partial charge in [0.1, 0.15) is 0 Å². The normalized spacial score (nSPS) is 23.7. The van der Waals surface area contributed by atoms with Crippen LogP contribution in [0.1, 0.15) is 34.3 Å². The molecule has 1 unspecified atom stereocenters. The summed E-state index contributed by atoms with van der Waals surface area (Å²) in [6, 6.07) is 7.91. The molecule has 4 rings (SSSR count). The molecule has 0 radical (unpaired) electrons. The van der Waals surface area contributed by atoms with Crippen molar-refractivity contribution in [2.75, 3.05) is 19.6 Å². The number of nitrogens with zero attached hydrogens (tertiary/aromatic N) is 4. The number of carbonyl (C=O) groups is 1. The molecule has 2 saturated heterocycles. The topological polar surface area (TPSA) is 41.4 Å². The number of rotatable bonds is 3. The monoisotopic (exact) mass is 324 g/mol. The molecule has 1 spiro atoms. The first-order valence-corrected chi connectivity index (χ1v) is 8.64. The van der Waals surface area contributed by atoms with E-state index in [-0.39, 0.29) is 11.4 Å². The molecule has 5 heteroatoms.